The minimum atomic E-state index is 0.00773. The van der Waals surface area contributed by atoms with Crippen molar-refractivity contribution in [3.63, 3.8) is 0 Å². The summed E-state index contributed by atoms with van der Waals surface area (Å²) in [6.07, 6.45) is 0.965. The molecule has 0 saturated carbocycles. The highest BCUT2D eigenvalue weighted by molar-refractivity contribution is 5.93. The molecule has 1 rings (SSSR count). The first-order valence-electron chi connectivity index (χ1n) is 5.25. The number of nitrogens with one attached hydrogen (secondary N) is 2. The van der Waals surface area contributed by atoms with Crippen LogP contribution in [0.4, 0.5) is 5.82 Å². The van der Waals surface area contributed by atoms with Crippen molar-refractivity contribution in [1.29, 1.82) is 0 Å². The van der Waals surface area contributed by atoms with Crippen molar-refractivity contribution in [3.05, 3.63) is 11.8 Å². The lowest BCUT2D eigenvalue weighted by molar-refractivity contribution is 0.0758. The summed E-state index contributed by atoms with van der Waals surface area (Å²) in [7, 11) is 1.77. The zero-order chi connectivity index (χ0) is 11.3. The van der Waals surface area contributed by atoms with Gasteiger partial charge in [-0.3, -0.25) is 9.89 Å². The lowest BCUT2D eigenvalue weighted by Crippen LogP contribution is -2.31. The van der Waals surface area contributed by atoms with E-state index in [4.69, 9.17) is 0 Å². The summed E-state index contributed by atoms with van der Waals surface area (Å²) >= 11 is 0. The van der Waals surface area contributed by atoms with Gasteiger partial charge in [0.2, 0.25) is 0 Å². The van der Waals surface area contributed by atoms with Crippen LogP contribution in [-0.2, 0) is 0 Å². The molecule has 0 aromatic carbocycles. The third kappa shape index (κ3) is 2.71. The molecule has 2 N–H and O–H groups in total. The summed E-state index contributed by atoms with van der Waals surface area (Å²) in [5.41, 5.74) is 0.537. The maximum absolute atomic E-state index is 11.9. The number of carbonyl (C=O) groups is 1. The Morgan fingerprint density at radius 1 is 1.60 bits per heavy atom. The highest BCUT2D eigenvalue weighted by atomic mass is 16.2. The van der Waals surface area contributed by atoms with E-state index in [0.29, 0.717) is 11.5 Å². The maximum Gasteiger partial charge on any atom is 0.271 e. The predicted octanol–water partition coefficient (Wildman–Crippen LogP) is 1.32. The molecule has 0 atom stereocenters. The summed E-state index contributed by atoms with van der Waals surface area (Å²) in [5.74, 6) is 0.694. The van der Waals surface area contributed by atoms with Gasteiger partial charge in [0.15, 0.2) is 0 Å². The third-order valence-corrected chi connectivity index (χ3v) is 2.23. The molecule has 0 unspecified atom stereocenters. The molecule has 15 heavy (non-hydrogen) atoms. The molecule has 0 spiro atoms. The molecule has 0 saturated heterocycles. The number of amides is 1. The van der Waals surface area contributed by atoms with Crippen molar-refractivity contribution in [1.82, 2.24) is 15.1 Å². The van der Waals surface area contributed by atoms with Crippen LogP contribution in [0.25, 0.3) is 0 Å². The molecule has 1 heterocycles. The van der Waals surface area contributed by atoms with E-state index in [0.717, 1.165) is 19.5 Å². The zero-order valence-corrected chi connectivity index (χ0v) is 9.50. The van der Waals surface area contributed by atoms with Crippen molar-refractivity contribution < 1.29 is 4.79 Å². The first-order chi connectivity index (χ1) is 7.22. The quantitative estimate of drug-likeness (QED) is 0.770. The van der Waals surface area contributed by atoms with Gasteiger partial charge in [0.25, 0.3) is 5.91 Å². The standard InChI is InChI=1S/C10H18N4O/c1-4-6-14(5-2)10(15)8-7-9(11-3)13-12-8/h7H,4-6H2,1-3H3,(H2,11,12,13). The highest BCUT2D eigenvalue weighted by Gasteiger charge is 2.15. The number of nitrogens with zero attached hydrogens (tertiary/aromatic N) is 2. The molecular weight excluding hydrogens is 192 g/mol. The molecule has 0 fully saturated rings. The normalized spacial score (nSPS) is 10.1. The maximum atomic E-state index is 11.9. The smallest absolute Gasteiger partial charge is 0.271 e. The van der Waals surface area contributed by atoms with E-state index in [1.54, 1.807) is 18.0 Å². The summed E-state index contributed by atoms with van der Waals surface area (Å²) in [4.78, 5) is 13.7. The summed E-state index contributed by atoms with van der Waals surface area (Å²) < 4.78 is 0. The van der Waals surface area contributed by atoms with Crippen molar-refractivity contribution >= 4 is 11.7 Å². The number of carbonyl (C=O) groups excluding carboxylic acids is 1. The van der Waals surface area contributed by atoms with Crippen molar-refractivity contribution in [3.8, 4) is 0 Å². The fourth-order valence-electron chi connectivity index (χ4n) is 1.40. The lowest BCUT2D eigenvalue weighted by Gasteiger charge is -2.18. The van der Waals surface area contributed by atoms with E-state index in [1.165, 1.54) is 0 Å². The summed E-state index contributed by atoms with van der Waals surface area (Å²) in [6.45, 7) is 5.54. The molecule has 0 bridgehead atoms. The van der Waals surface area contributed by atoms with Gasteiger partial charge in [-0.05, 0) is 13.3 Å². The Balaban J connectivity index is 2.73. The third-order valence-electron chi connectivity index (χ3n) is 2.23. The largest absolute Gasteiger partial charge is 0.372 e. The van der Waals surface area contributed by atoms with Crippen molar-refractivity contribution in [2.45, 2.75) is 20.3 Å². The molecule has 1 aromatic rings. The fourth-order valence-corrected chi connectivity index (χ4v) is 1.40. The van der Waals surface area contributed by atoms with Gasteiger partial charge >= 0.3 is 0 Å². The summed E-state index contributed by atoms with van der Waals surface area (Å²) in [5, 5.41) is 9.55. The van der Waals surface area contributed by atoms with Gasteiger partial charge in [0.1, 0.15) is 11.5 Å². The molecule has 1 aromatic heterocycles. The molecule has 0 aliphatic carbocycles. The van der Waals surface area contributed by atoms with Gasteiger partial charge in [-0.25, -0.2) is 0 Å². The second-order valence-electron chi connectivity index (χ2n) is 3.30. The van der Waals surface area contributed by atoms with Crippen LogP contribution in [0.1, 0.15) is 30.8 Å². The van der Waals surface area contributed by atoms with Crippen LogP contribution in [-0.4, -0.2) is 41.1 Å². The molecular formula is C10H18N4O. The second kappa shape index (κ2) is 5.38. The SMILES string of the molecule is CCCN(CC)C(=O)c1cc(NC)n[nH]1. The Kier molecular flexibility index (Phi) is 4.15. The fraction of sp³-hybridized carbons (Fsp3) is 0.600. The van der Waals surface area contributed by atoms with Crippen LogP contribution in [0.5, 0.6) is 0 Å². The number of rotatable bonds is 5. The van der Waals surface area contributed by atoms with Crippen LogP contribution >= 0.6 is 0 Å². The van der Waals surface area contributed by atoms with Gasteiger partial charge < -0.3 is 10.2 Å². The number of hydrogen-bond acceptors (Lipinski definition) is 3. The van der Waals surface area contributed by atoms with Gasteiger partial charge in [0.05, 0.1) is 0 Å². The van der Waals surface area contributed by atoms with E-state index >= 15 is 0 Å². The molecule has 1 amide bonds. The van der Waals surface area contributed by atoms with Gasteiger partial charge in [0, 0.05) is 26.2 Å². The summed E-state index contributed by atoms with van der Waals surface area (Å²) in [6, 6.07) is 1.72. The van der Waals surface area contributed by atoms with E-state index < -0.39 is 0 Å². The van der Waals surface area contributed by atoms with Crippen LogP contribution in [0.2, 0.25) is 0 Å². The number of aromatic nitrogens is 2. The van der Waals surface area contributed by atoms with Gasteiger partial charge in [-0.1, -0.05) is 6.92 Å². The highest BCUT2D eigenvalue weighted by Crippen LogP contribution is 2.07. The predicted molar refractivity (Wildman–Crippen MR) is 60.0 cm³/mol. The monoisotopic (exact) mass is 210 g/mol. The van der Waals surface area contributed by atoms with E-state index in [1.807, 2.05) is 6.92 Å². The van der Waals surface area contributed by atoms with Gasteiger partial charge in [-0.2, -0.15) is 5.10 Å². The molecule has 0 aliphatic heterocycles. The topological polar surface area (TPSA) is 61.0 Å². The van der Waals surface area contributed by atoms with Crippen LogP contribution < -0.4 is 5.32 Å². The first kappa shape index (κ1) is 11.6. The average Bonchev–Trinajstić information content (AvgIpc) is 2.73. The molecule has 84 valence electrons. The second-order valence-corrected chi connectivity index (χ2v) is 3.30. The average molecular weight is 210 g/mol. The Labute approximate surface area is 89.9 Å². The Bertz CT molecular complexity index is 321. The first-order valence-corrected chi connectivity index (χ1v) is 5.25. The van der Waals surface area contributed by atoms with Crippen molar-refractivity contribution in [2.24, 2.45) is 0 Å². The van der Waals surface area contributed by atoms with Gasteiger partial charge in [-0.15, -0.1) is 0 Å². The molecule has 0 radical (unpaired) electrons. The van der Waals surface area contributed by atoms with Crippen LogP contribution in [0.15, 0.2) is 6.07 Å². The lowest BCUT2D eigenvalue weighted by atomic mass is 10.3. The minimum absolute atomic E-state index is 0.00773. The van der Waals surface area contributed by atoms with E-state index in [9.17, 15) is 4.79 Å². The van der Waals surface area contributed by atoms with E-state index in [2.05, 4.69) is 22.4 Å². The Morgan fingerprint density at radius 3 is 2.80 bits per heavy atom. The number of H-pyrrole nitrogens is 1. The minimum Gasteiger partial charge on any atom is -0.372 e. The van der Waals surface area contributed by atoms with Crippen LogP contribution in [0, 0.1) is 0 Å². The number of aromatic amines is 1. The Morgan fingerprint density at radius 2 is 2.33 bits per heavy atom. The number of anilines is 1. The zero-order valence-electron chi connectivity index (χ0n) is 9.50. The van der Waals surface area contributed by atoms with Crippen molar-refractivity contribution in [2.75, 3.05) is 25.5 Å². The van der Waals surface area contributed by atoms with Crippen LogP contribution in [0.3, 0.4) is 0 Å². The molecule has 5 nitrogen and oxygen atoms in total. The van der Waals surface area contributed by atoms with E-state index in [-0.39, 0.29) is 5.91 Å². The molecule has 5 heteroatoms. The number of hydrogen-bond donors (Lipinski definition) is 2. The Hall–Kier alpha value is -1.52. The molecule has 0 aliphatic rings.